The summed E-state index contributed by atoms with van der Waals surface area (Å²) in [6.07, 6.45) is 5.82. The third-order valence-corrected chi connectivity index (χ3v) is 5.70. The van der Waals surface area contributed by atoms with Crippen molar-refractivity contribution < 1.29 is 14.3 Å². The highest BCUT2D eigenvalue weighted by Crippen LogP contribution is 2.39. The van der Waals surface area contributed by atoms with Crippen LogP contribution < -0.4 is 0 Å². The summed E-state index contributed by atoms with van der Waals surface area (Å²) in [6.45, 7) is 6.32. The van der Waals surface area contributed by atoms with Crippen molar-refractivity contribution in [3.05, 3.63) is 35.9 Å². The molecule has 30 heavy (non-hydrogen) atoms. The normalized spacial score (nSPS) is 19.6. The minimum absolute atomic E-state index is 0.0766. The van der Waals surface area contributed by atoms with Crippen LogP contribution in [0.3, 0.4) is 0 Å². The van der Waals surface area contributed by atoms with Gasteiger partial charge in [-0.3, -0.25) is 9.59 Å². The monoisotopic (exact) mass is 436 g/mol. The van der Waals surface area contributed by atoms with Gasteiger partial charge < -0.3 is 4.74 Å². The van der Waals surface area contributed by atoms with Gasteiger partial charge in [0.1, 0.15) is 12.4 Å². The highest BCUT2D eigenvalue weighted by atomic mass is 35.5. The number of carbonyl (C=O) groups excluding carboxylic acids is 2. The Balaban J connectivity index is 0.000000804. The van der Waals surface area contributed by atoms with E-state index in [1.54, 1.807) is 0 Å². The van der Waals surface area contributed by atoms with Crippen LogP contribution >= 0.6 is 11.8 Å². The lowest BCUT2D eigenvalue weighted by Crippen LogP contribution is -2.34. The van der Waals surface area contributed by atoms with Gasteiger partial charge in [-0.25, -0.2) is 0 Å². The van der Waals surface area contributed by atoms with Gasteiger partial charge in [0.2, 0.25) is 0 Å². The summed E-state index contributed by atoms with van der Waals surface area (Å²) in [6, 6.07) is 9.81. The molecule has 0 unspecified atom stereocenters. The van der Waals surface area contributed by atoms with Crippen LogP contribution in [-0.2, 0) is 20.9 Å². The molecule has 1 saturated carbocycles. The van der Waals surface area contributed by atoms with E-state index >= 15 is 0 Å². The van der Waals surface area contributed by atoms with E-state index in [9.17, 15) is 9.59 Å². The highest BCUT2D eigenvalue weighted by Gasteiger charge is 2.36. The number of hydrogen-bond donors (Lipinski definition) is 1. The first-order valence-corrected chi connectivity index (χ1v) is 10.9. The molecule has 0 bridgehead atoms. The minimum atomic E-state index is -0.0970. The second kappa shape index (κ2) is 14.8. The molecule has 0 heterocycles. The molecule has 0 aliphatic heterocycles. The van der Waals surface area contributed by atoms with Gasteiger partial charge >= 0.3 is 5.97 Å². The average Bonchev–Trinajstić information content (AvgIpc) is 2.75. The van der Waals surface area contributed by atoms with E-state index in [-0.39, 0.29) is 23.7 Å². The number of benzene rings is 1. The average molecular weight is 437 g/mol. The Hall–Kier alpha value is -2.15. The molecule has 1 aromatic rings. The summed E-state index contributed by atoms with van der Waals surface area (Å²) in [7, 11) is 0. The summed E-state index contributed by atoms with van der Waals surface area (Å²) >= 11 is 4.55. The zero-order valence-corrected chi connectivity index (χ0v) is 18.8. The van der Waals surface area contributed by atoms with Crippen molar-refractivity contribution in [2.75, 3.05) is 0 Å². The van der Waals surface area contributed by atoms with Crippen LogP contribution in [-0.4, -0.2) is 11.8 Å². The quantitative estimate of drug-likeness (QED) is 0.264. The summed E-state index contributed by atoms with van der Waals surface area (Å²) < 4.78 is 8.21. The number of hydrogen-bond acceptors (Lipinski definition) is 5. The molecule has 1 aromatic carbocycles. The Kier molecular flexibility index (Phi) is 12.7. The van der Waals surface area contributed by atoms with Gasteiger partial charge in [-0.1, -0.05) is 68.6 Å². The van der Waals surface area contributed by atoms with Gasteiger partial charge in [-0.05, 0) is 47.1 Å². The predicted octanol–water partition coefficient (Wildman–Crippen LogP) is 6.72. The molecule has 1 fully saturated rings. The molecule has 166 valence electrons. The Bertz CT molecular complexity index is 682. The van der Waals surface area contributed by atoms with Crippen LogP contribution in [0.5, 0.6) is 0 Å². The van der Waals surface area contributed by atoms with E-state index in [4.69, 9.17) is 10.3 Å². The molecule has 0 aromatic heterocycles. The van der Waals surface area contributed by atoms with E-state index in [1.807, 2.05) is 44.2 Å². The number of nitrogens with zero attached hydrogens (tertiary/aromatic N) is 3. The molecule has 1 N–H and O–H groups in total. The second-order valence-corrected chi connectivity index (χ2v) is 8.06. The maximum Gasteiger partial charge on any atom is 0.309 e. The fourth-order valence-electron chi connectivity index (χ4n) is 4.01. The maximum atomic E-state index is 12.7. The van der Waals surface area contributed by atoms with Crippen molar-refractivity contribution in [2.24, 2.45) is 38.8 Å². The van der Waals surface area contributed by atoms with E-state index in [1.165, 1.54) is 6.42 Å². The molecule has 8 heteroatoms. The van der Waals surface area contributed by atoms with Gasteiger partial charge in [0, 0.05) is 12.3 Å². The third kappa shape index (κ3) is 9.11. The molecular weight excluding hydrogens is 404 g/mol. The van der Waals surface area contributed by atoms with E-state index in [0.29, 0.717) is 24.7 Å². The summed E-state index contributed by atoms with van der Waals surface area (Å²) in [5, 5.41) is 5.08. The second-order valence-electron chi connectivity index (χ2n) is 7.91. The number of carbonyl (C=O) groups is 2. The fourth-order valence-corrected chi connectivity index (χ4v) is 4.04. The van der Waals surface area contributed by atoms with Gasteiger partial charge in [-0.2, -0.15) is 5.53 Å². The number of rotatable bonds is 9. The number of ether oxygens (including phenoxy) is 1. The molecule has 0 radical (unpaired) electrons. The first-order chi connectivity index (χ1) is 14.4. The lowest BCUT2D eigenvalue weighted by molar-refractivity contribution is -0.154. The molecule has 2 rings (SSSR count). The Morgan fingerprint density at radius 1 is 1.20 bits per heavy atom. The van der Waals surface area contributed by atoms with Crippen LogP contribution in [0.25, 0.3) is 0 Å². The SMILES string of the molecule is CC[C@@H](C(=O)OCc1ccccc1)[C@H]1CCCC[C@H]1CC(=O)C(C)C.N=NN=NCl. The molecule has 0 saturated heterocycles. The highest BCUT2D eigenvalue weighted by molar-refractivity contribution is 6.13. The van der Waals surface area contributed by atoms with E-state index < -0.39 is 0 Å². The lowest BCUT2D eigenvalue weighted by atomic mass is 9.69. The van der Waals surface area contributed by atoms with E-state index in [0.717, 1.165) is 31.2 Å². The van der Waals surface area contributed by atoms with Crippen LogP contribution in [0.1, 0.15) is 64.9 Å². The molecule has 0 spiro atoms. The first kappa shape index (κ1) is 25.9. The van der Waals surface area contributed by atoms with Gasteiger partial charge in [-0.15, -0.1) is 0 Å². The largest absolute Gasteiger partial charge is 0.461 e. The Labute approximate surface area is 184 Å². The standard InChI is InChI=1S/C22H32O3.ClHN4/c1-4-19(22(24)25-15-17-10-6-5-7-11-17)20-13-9-8-12-18(20)14-21(23)16(2)3;1-3-5-4-2/h5-7,10-11,16,18-20H,4,8-9,12-15H2,1-3H3;2H/t18-,19+,20-;/m0./s1. The Morgan fingerprint density at radius 2 is 1.87 bits per heavy atom. The molecule has 0 amide bonds. The lowest BCUT2D eigenvalue weighted by Gasteiger charge is -2.36. The van der Waals surface area contributed by atoms with Gasteiger partial charge in [0.25, 0.3) is 0 Å². The number of esters is 1. The van der Waals surface area contributed by atoms with Crippen molar-refractivity contribution in [1.82, 2.24) is 0 Å². The van der Waals surface area contributed by atoms with Crippen molar-refractivity contribution in [3.63, 3.8) is 0 Å². The van der Waals surface area contributed by atoms with Crippen molar-refractivity contribution in [2.45, 2.75) is 65.9 Å². The topological polar surface area (TPSA) is 104 Å². The van der Waals surface area contributed by atoms with Crippen LogP contribution in [0.2, 0.25) is 0 Å². The predicted molar refractivity (Wildman–Crippen MR) is 116 cm³/mol. The van der Waals surface area contributed by atoms with Gasteiger partial charge in [0.05, 0.1) is 17.7 Å². The fraction of sp³-hybridized carbons (Fsp3) is 0.636. The van der Waals surface area contributed by atoms with Crippen molar-refractivity contribution >= 4 is 23.5 Å². The molecule has 1 aliphatic carbocycles. The minimum Gasteiger partial charge on any atom is -0.461 e. The number of nitrogens with one attached hydrogen (secondary N) is 1. The zero-order valence-electron chi connectivity index (χ0n) is 18.1. The van der Waals surface area contributed by atoms with Crippen molar-refractivity contribution in [3.8, 4) is 0 Å². The molecular formula is C22H33ClN4O3. The van der Waals surface area contributed by atoms with E-state index in [2.05, 4.69) is 33.8 Å². The van der Waals surface area contributed by atoms with Gasteiger partial charge in [0.15, 0.2) is 0 Å². The van der Waals surface area contributed by atoms with Crippen LogP contribution in [0.15, 0.2) is 45.4 Å². The molecule has 3 atom stereocenters. The smallest absolute Gasteiger partial charge is 0.309 e. The van der Waals surface area contributed by atoms with Crippen molar-refractivity contribution in [1.29, 1.82) is 5.53 Å². The summed E-state index contributed by atoms with van der Waals surface area (Å²) in [5.74, 6) is 0.828. The summed E-state index contributed by atoms with van der Waals surface area (Å²) in [4.78, 5) is 24.9. The molecule has 1 aliphatic rings. The Morgan fingerprint density at radius 3 is 2.40 bits per heavy atom. The van der Waals surface area contributed by atoms with Crippen LogP contribution in [0.4, 0.5) is 0 Å². The van der Waals surface area contributed by atoms with Crippen LogP contribution in [0, 0.1) is 29.2 Å². The third-order valence-electron chi connectivity index (χ3n) is 5.64. The number of Topliss-reactive ketones (excluding diaryl/α,β-unsaturated/α-hetero) is 1. The number of halogens is 1. The summed E-state index contributed by atoms with van der Waals surface area (Å²) in [5.41, 5.74) is 6.90. The maximum absolute atomic E-state index is 12.7. The zero-order chi connectivity index (χ0) is 22.4. The molecule has 7 nitrogen and oxygen atoms in total. The first-order valence-electron chi connectivity index (χ1n) is 10.6. The number of ketones is 1.